The Morgan fingerprint density at radius 3 is 2.79 bits per heavy atom. The first-order chi connectivity index (χ1) is 8.92. The van der Waals surface area contributed by atoms with E-state index in [0.717, 1.165) is 32.6 Å². The van der Waals surface area contributed by atoms with Gasteiger partial charge in [0.15, 0.2) is 0 Å². The van der Waals surface area contributed by atoms with Gasteiger partial charge in [-0.15, -0.1) is 0 Å². The molecule has 0 bridgehead atoms. The van der Waals surface area contributed by atoms with Crippen LogP contribution in [0.5, 0.6) is 0 Å². The first-order valence-electron chi connectivity index (χ1n) is 7.61. The maximum atomic E-state index is 12.0. The van der Waals surface area contributed by atoms with Crippen molar-refractivity contribution in [3.63, 3.8) is 0 Å². The van der Waals surface area contributed by atoms with E-state index in [1.54, 1.807) is 0 Å². The summed E-state index contributed by atoms with van der Waals surface area (Å²) in [5, 5.41) is 3.35. The number of amides is 1. The fourth-order valence-corrected chi connectivity index (χ4v) is 2.49. The predicted octanol–water partition coefficient (Wildman–Crippen LogP) is 3.02. The fraction of sp³-hybridized carbons (Fsp3) is 0.933. The Kier molecular flexibility index (Phi) is 6.63. The molecule has 1 N–H and O–H groups in total. The van der Waals surface area contributed by atoms with Crippen LogP contribution in [0.2, 0.25) is 0 Å². The van der Waals surface area contributed by atoms with Gasteiger partial charge in [-0.2, -0.15) is 0 Å². The molecule has 1 unspecified atom stereocenters. The molecule has 1 atom stereocenters. The Labute approximate surface area is 117 Å². The molecule has 1 fully saturated rings. The summed E-state index contributed by atoms with van der Waals surface area (Å²) in [5.74, 6) is 0.639. The van der Waals surface area contributed by atoms with E-state index in [4.69, 9.17) is 4.74 Å². The molecule has 1 amide bonds. The molecule has 1 saturated heterocycles. The molecule has 0 aromatic heterocycles. The predicted molar refractivity (Wildman–Crippen MR) is 78.3 cm³/mol. The summed E-state index contributed by atoms with van der Waals surface area (Å²) in [4.78, 5) is 13.9. The minimum Gasteiger partial charge on any atom is -0.444 e. The number of carbonyl (C=O) groups is 1. The van der Waals surface area contributed by atoms with Crippen LogP contribution in [-0.2, 0) is 4.74 Å². The number of hydrogen-bond donors (Lipinski definition) is 1. The average molecular weight is 270 g/mol. The molecule has 0 aliphatic carbocycles. The van der Waals surface area contributed by atoms with Gasteiger partial charge in [-0.05, 0) is 65.5 Å². The molecule has 112 valence electrons. The quantitative estimate of drug-likeness (QED) is 0.781. The monoisotopic (exact) mass is 270 g/mol. The Bertz CT molecular complexity index is 274. The van der Waals surface area contributed by atoms with Crippen molar-refractivity contribution >= 4 is 6.09 Å². The van der Waals surface area contributed by atoms with Crippen LogP contribution in [0.4, 0.5) is 4.79 Å². The van der Waals surface area contributed by atoms with E-state index >= 15 is 0 Å². The third kappa shape index (κ3) is 6.81. The number of carbonyl (C=O) groups excluding carboxylic acids is 1. The van der Waals surface area contributed by atoms with Gasteiger partial charge in [0.2, 0.25) is 0 Å². The summed E-state index contributed by atoms with van der Waals surface area (Å²) in [5.41, 5.74) is -0.394. The van der Waals surface area contributed by atoms with E-state index in [2.05, 4.69) is 12.2 Å². The first kappa shape index (κ1) is 16.3. The normalized spacial score (nSPS) is 20.4. The Morgan fingerprint density at radius 1 is 1.42 bits per heavy atom. The summed E-state index contributed by atoms with van der Waals surface area (Å²) >= 11 is 0. The molecule has 1 aliphatic heterocycles. The van der Waals surface area contributed by atoms with E-state index < -0.39 is 5.60 Å². The second-order valence-corrected chi connectivity index (χ2v) is 6.43. The van der Waals surface area contributed by atoms with Gasteiger partial charge < -0.3 is 15.0 Å². The zero-order valence-electron chi connectivity index (χ0n) is 13.0. The molecule has 19 heavy (non-hydrogen) atoms. The smallest absolute Gasteiger partial charge is 0.410 e. The van der Waals surface area contributed by atoms with Crippen molar-refractivity contribution in [3.05, 3.63) is 0 Å². The molecule has 0 saturated carbocycles. The molecular weight excluding hydrogens is 240 g/mol. The third-order valence-electron chi connectivity index (χ3n) is 3.39. The Balaban J connectivity index is 2.31. The number of nitrogens with zero attached hydrogens (tertiary/aromatic N) is 1. The molecule has 1 aliphatic rings. The minimum absolute atomic E-state index is 0.149. The van der Waals surface area contributed by atoms with Crippen LogP contribution in [0, 0.1) is 5.92 Å². The van der Waals surface area contributed by atoms with Gasteiger partial charge in [-0.1, -0.05) is 6.92 Å². The highest BCUT2D eigenvalue weighted by Gasteiger charge is 2.27. The number of rotatable bonds is 5. The van der Waals surface area contributed by atoms with Crippen molar-refractivity contribution < 1.29 is 9.53 Å². The Morgan fingerprint density at radius 2 is 2.16 bits per heavy atom. The summed E-state index contributed by atoms with van der Waals surface area (Å²) in [6.45, 7) is 11.7. The summed E-state index contributed by atoms with van der Waals surface area (Å²) in [7, 11) is 0. The van der Waals surface area contributed by atoms with Gasteiger partial charge in [0.05, 0.1) is 0 Å². The molecule has 1 heterocycles. The molecule has 0 spiro atoms. The van der Waals surface area contributed by atoms with Crippen LogP contribution in [0.25, 0.3) is 0 Å². The lowest BCUT2D eigenvalue weighted by Gasteiger charge is -2.34. The van der Waals surface area contributed by atoms with Gasteiger partial charge in [-0.25, -0.2) is 4.79 Å². The SMILES string of the molecule is CCNCCCC1CCCN(C(=O)OC(C)(C)C)C1. The van der Waals surface area contributed by atoms with Gasteiger partial charge in [0.1, 0.15) is 5.60 Å². The molecule has 4 heteroatoms. The van der Waals surface area contributed by atoms with E-state index in [0.29, 0.717) is 5.92 Å². The number of ether oxygens (including phenoxy) is 1. The lowest BCUT2D eigenvalue weighted by molar-refractivity contribution is 0.0161. The van der Waals surface area contributed by atoms with Crippen LogP contribution >= 0.6 is 0 Å². The van der Waals surface area contributed by atoms with Crippen molar-refractivity contribution in [2.24, 2.45) is 5.92 Å². The molecule has 1 rings (SSSR count). The number of hydrogen-bond acceptors (Lipinski definition) is 3. The summed E-state index contributed by atoms with van der Waals surface area (Å²) in [6.07, 6.45) is 4.59. The number of likely N-dealkylation sites (tertiary alicyclic amines) is 1. The van der Waals surface area contributed by atoms with Gasteiger partial charge in [-0.3, -0.25) is 0 Å². The maximum absolute atomic E-state index is 12.0. The van der Waals surface area contributed by atoms with E-state index in [9.17, 15) is 4.79 Å². The van der Waals surface area contributed by atoms with E-state index in [-0.39, 0.29) is 6.09 Å². The second-order valence-electron chi connectivity index (χ2n) is 6.43. The van der Waals surface area contributed by atoms with Gasteiger partial charge in [0, 0.05) is 13.1 Å². The Hall–Kier alpha value is -0.770. The third-order valence-corrected chi connectivity index (χ3v) is 3.39. The first-order valence-corrected chi connectivity index (χ1v) is 7.61. The van der Waals surface area contributed by atoms with E-state index in [1.807, 2.05) is 25.7 Å². The zero-order chi connectivity index (χ0) is 14.3. The lowest BCUT2D eigenvalue weighted by Crippen LogP contribution is -2.43. The molecule has 0 radical (unpaired) electrons. The lowest BCUT2D eigenvalue weighted by atomic mass is 9.93. The molecule has 0 aromatic rings. The van der Waals surface area contributed by atoms with E-state index in [1.165, 1.54) is 19.3 Å². The summed E-state index contributed by atoms with van der Waals surface area (Å²) < 4.78 is 5.44. The fourth-order valence-electron chi connectivity index (χ4n) is 2.49. The average Bonchev–Trinajstić information content (AvgIpc) is 2.33. The van der Waals surface area contributed by atoms with Crippen molar-refractivity contribution in [2.45, 2.75) is 59.0 Å². The van der Waals surface area contributed by atoms with Crippen molar-refractivity contribution in [3.8, 4) is 0 Å². The highest BCUT2D eigenvalue weighted by Crippen LogP contribution is 2.22. The van der Waals surface area contributed by atoms with Crippen LogP contribution in [0.15, 0.2) is 0 Å². The van der Waals surface area contributed by atoms with Gasteiger partial charge >= 0.3 is 6.09 Å². The van der Waals surface area contributed by atoms with Crippen LogP contribution in [0.1, 0.15) is 53.4 Å². The largest absolute Gasteiger partial charge is 0.444 e. The maximum Gasteiger partial charge on any atom is 0.410 e. The summed E-state index contributed by atoms with van der Waals surface area (Å²) in [6, 6.07) is 0. The number of piperidine rings is 1. The van der Waals surface area contributed by atoms with Gasteiger partial charge in [0.25, 0.3) is 0 Å². The van der Waals surface area contributed by atoms with Crippen LogP contribution in [-0.4, -0.2) is 42.8 Å². The molecular formula is C15H30N2O2. The standard InChI is InChI=1S/C15H30N2O2/c1-5-16-10-6-8-13-9-7-11-17(12-13)14(18)19-15(2,3)4/h13,16H,5-12H2,1-4H3. The highest BCUT2D eigenvalue weighted by molar-refractivity contribution is 5.68. The molecule has 4 nitrogen and oxygen atoms in total. The number of nitrogens with one attached hydrogen (secondary N) is 1. The minimum atomic E-state index is -0.394. The van der Waals surface area contributed by atoms with Crippen LogP contribution < -0.4 is 5.32 Å². The van der Waals surface area contributed by atoms with Crippen molar-refractivity contribution in [1.82, 2.24) is 10.2 Å². The highest BCUT2D eigenvalue weighted by atomic mass is 16.6. The van der Waals surface area contributed by atoms with Crippen molar-refractivity contribution in [2.75, 3.05) is 26.2 Å². The molecule has 0 aromatic carbocycles. The second kappa shape index (κ2) is 7.73. The topological polar surface area (TPSA) is 41.6 Å². The van der Waals surface area contributed by atoms with Crippen molar-refractivity contribution in [1.29, 1.82) is 0 Å². The van der Waals surface area contributed by atoms with Crippen LogP contribution in [0.3, 0.4) is 0 Å². The zero-order valence-corrected chi connectivity index (χ0v) is 13.0.